The summed E-state index contributed by atoms with van der Waals surface area (Å²) in [6.45, 7) is 0.152. The molecule has 0 saturated carbocycles. The second-order valence-electron chi connectivity index (χ2n) is 6.75. The number of nitrogens with one attached hydrogen (secondary N) is 1. The first-order valence-electron chi connectivity index (χ1n) is 9.10. The number of hydrogen-bond acceptors (Lipinski definition) is 4. The first-order valence-corrected chi connectivity index (χ1v) is 9.90. The Kier molecular flexibility index (Phi) is 5.40. The lowest BCUT2D eigenvalue weighted by molar-refractivity contribution is -0.137. The Morgan fingerprint density at radius 1 is 1.07 bits per heavy atom. The largest absolute Gasteiger partial charge is 0.481 e. The van der Waals surface area contributed by atoms with Crippen LogP contribution in [0, 0.1) is 0 Å². The summed E-state index contributed by atoms with van der Waals surface area (Å²) in [6.07, 6.45) is 0.408. The van der Waals surface area contributed by atoms with Crippen molar-refractivity contribution >= 4 is 28.0 Å². The van der Waals surface area contributed by atoms with Crippen LogP contribution in [0.4, 0.5) is 4.79 Å². The van der Waals surface area contributed by atoms with E-state index in [0.717, 1.165) is 22.3 Å². The summed E-state index contributed by atoms with van der Waals surface area (Å²) >= 11 is 3.30. The Balaban J connectivity index is 1.48. The molecular formula is C22H18BrNO5. The number of hydrogen-bond donors (Lipinski definition) is 2. The molecule has 6 nitrogen and oxygen atoms in total. The zero-order chi connectivity index (χ0) is 20.4. The van der Waals surface area contributed by atoms with E-state index < -0.39 is 18.1 Å². The summed E-state index contributed by atoms with van der Waals surface area (Å²) in [6, 6.07) is 16.9. The quantitative estimate of drug-likeness (QED) is 0.539. The molecule has 2 N–H and O–H groups in total. The fraction of sp³-hybridized carbons (Fsp3) is 0.182. The van der Waals surface area contributed by atoms with E-state index in [9.17, 15) is 9.59 Å². The average Bonchev–Trinajstić information content (AvgIpc) is 3.27. The molecule has 4 rings (SSSR count). The van der Waals surface area contributed by atoms with Crippen molar-refractivity contribution in [2.75, 3.05) is 6.61 Å². The van der Waals surface area contributed by atoms with E-state index in [4.69, 9.17) is 14.3 Å². The molecule has 0 spiro atoms. The van der Waals surface area contributed by atoms with E-state index >= 15 is 0 Å². The molecule has 0 aliphatic heterocycles. The Morgan fingerprint density at radius 3 is 2.24 bits per heavy atom. The molecule has 0 fully saturated rings. The minimum absolute atomic E-state index is 0.0681. The van der Waals surface area contributed by atoms with Crippen LogP contribution < -0.4 is 5.32 Å². The number of ether oxygens (including phenoxy) is 1. The van der Waals surface area contributed by atoms with Crippen LogP contribution in [-0.2, 0) is 9.53 Å². The Labute approximate surface area is 175 Å². The standard InChI is InChI=1S/C22H18BrNO5/c23-18-9-10-28-21(18)19(11-20(25)26)24-22(27)29-12-17-15-7-3-1-5-13(15)14-6-2-4-8-16(14)17/h1-10,17,19H,11-12H2,(H,24,27)(H,25,26)/t19-/m0/s1. The fourth-order valence-corrected chi connectivity index (χ4v) is 4.20. The molecule has 0 bridgehead atoms. The predicted molar refractivity (Wildman–Crippen MR) is 110 cm³/mol. The van der Waals surface area contributed by atoms with Gasteiger partial charge in [-0.25, -0.2) is 4.79 Å². The first-order chi connectivity index (χ1) is 14.0. The number of furan rings is 1. The van der Waals surface area contributed by atoms with Gasteiger partial charge in [0.15, 0.2) is 0 Å². The van der Waals surface area contributed by atoms with Gasteiger partial charge in [0.05, 0.1) is 17.2 Å². The predicted octanol–water partition coefficient (Wildman–Crippen LogP) is 5.10. The third-order valence-corrected chi connectivity index (χ3v) is 5.63. The summed E-state index contributed by atoms with van der Waals surface area (Å²) < 4.78 is 11.4. The lowest BCUT2D eigenvalue weighted by Crippen LogP contribution is -2.31. The van der Waals surface area contributed by atoms with Crippen molar-refractivity contribution in [3.63, 3.8) is 0 Å². The van der Waals surface area contributed by atoms with Crippen molar-refractivity contribution in [2.45, 2.75) is 18.4 Å². The highest BCUT2D eigenvalue weighted by Gasteiger charge is 2.30. The number of carboxylic acid groups (broad SMARTS) is 1. The van der Waals surface area contributed by atoms with Crippen LogP contribution in [0.5, 0.6) is 0 Å². The van der Waals surface area contributed by atoms with Crippen LogP contribution in [0.1, 0.15) is 35.3 Å². The third kappa shape index (κ3) is 3.91. The molecule has 0 radical (unpaired) electrons. The van der Waals surface area contributed by atoms with Crippen molar-refractivity contribution in [3.8, 4) is 11.1 Å². The maximum atomic E-state index is 12.4. The van der Waals surface area contributed by atoms with Gasteiger partial charge in [0.1, 0.15) is 18.4 Å². The van der Waals surface area contributed by atoms with E-state index in [1.165, 1.54) is 6.26 Å². The van der Waals surface area contributed by atoms with Gasteiger partial charge in [-0.15, -0.1) is 0 Å². The summed E-state index contributed by atoms with van der Waals surface area (Å²) in [4.78, 5) is 23.6. The molecule has 148 valence electrons. The molecule has 2 aromatic carbocycles. The molecule has 1 aliphatic rings. The molecule has 0 unspecified atom stereocenters. The summed E-state index contributed by atoms with van der Waals surface area (Å²) in [5.41, 5.74) is 4.50. The van der Waals surface area contributed by atoms with Crippen LogP contribution >= 0.6 is 15.9 Å². The molecule has 7 heteroatoms. The minimum Gasteiger partial charge on any atom is -0.481 e. The first kappa shape index (κ1) is 19.3. The number of carbonyl (C=O) groups is 2. The van der Waals surface area contributed by atoms with Crippen LogP contribution in [0.2, 0.25) is 0 Å². The molecule has 1 heterocycles. The topological polar surface area (TPSA) is 88.8 Å². The van der Waals surface area contributed by atoms with E-state index in [1.807, 2.05) is 36.4 Å². The lowest BCUT2D eigenvalue weighted by atomic mass is 9.98. The molecule has 29 heavy (non-hydrogen) atoms. The number of carbonyl (C=O) groups excluding carboxylic acids is 1. The number of alkyl carbamates (subject to hydrolysis) is 1. The van der Waals surface area contributed by atoms with Gasteiger partial charge in [0.25, 0.3) is 0 Å². The van der Waals surface area contributed by atoms with Crippen molar-refractivity contribution in [2.24, 2.45) is 0 Å². The van der Waals surface area contributed by atoms with E-state index in [2.05, 4.69) is 33.4 Å². The van der Waals surface area contributed by atoms with Gasteiger partial charge >= 0.3 is 12.1 Å². The number of amides is 1. The van der Waals surface area contributed by atoms with E-state index in [0.29, 0.717) is 10.2 Å². The zero-order valence-corrected chi connectivity index (χ0v) is 16.9. The van der Waals surface area contributed by atoms with Gasteiger partial charge in [0.2, 0.25) is 0 Å². The van der Waals surface area contributed by atoms with E-state index in [1.54, 1.807) is 6.07 Å². The highest BCUT2D eigenvalue weighted by molar-refractivity contribution is 9.10. The van der Waals surface area contributed by atoms with Gasteiger partial charge in [-0.05, 0) is 44.3 Å². The van der Waals surface area contributed by atoms with Gasteiger partial charge in [-0.1, -0.05) is 48.5 Å². The number of rotatable bonds is 6. The average molecular weight is 456 g/mol. The summed E-state index contributed by atoms with van der Waals surface area (Å²) in [5, 5.41) is 11.8. The zero-order valence-electron chi connectivity index (χ0n) is 15.3. The van der Waals surface area contributed by atoms with Crippen LogP contribution in [0.15, 0.2) is 69.8 Å². The number of halogens is 1. The molecular weight excluding hydrogens is 438 g/mol. The molecule has 1 amide bonds. The minimum atomic E-state index is -1.06. The number of aliphatic carboxylic acids is 1. The third-order valence-electron chi connectivity index (χ3n) is 4.98. The van der Waals surface area contributed by atoms with Gasteiger partial charge in [0, 0.05) is 5.92 Å². The normalized spacial score (nSPS) is 13.4. The van der Waals surface area contributed by atoms with Crippen LogP contribution in [-0.4, -0.2) is 23.8 Å². The SMILES string of the molecule is O=C(O)C[C@H](NC(=O)OCC1c2ccccc2-c2ccccc21)c1occc1Br. The molecule has 0 saturated heterocycles. The Bertz CT molecular complexity index is 1020. The van der Waals surface area contributed by atoms with Crippen molar-refractivity contribution < 1.29 is 23.8 Å². The second kappa shape index (κ2) is 8.13. The van der Waals surface area contributed by atoms with E-state index in [-0.39, 0.29) is 18.9 Å². The van der Waals surface area contributed by atoms with Crippen molar-refractivity contribution in [1.29, 1.82) is 0 Å². The number of carboxylic acids is 1. The van der Waals surface area contributed by atoms with Crippen molar-refractivity contribution in [3.05, 3.63) is 82.2 Å². The lowest BCUT2D eigenvalue weighted by Gasteiger charge is -2.18. The number of benzene rings is 2. The van der Waals surface area contributed by atoms with Gasteiger partial charge in [-0.3, -0.25) is 4.79 Å². The summed E-state index contributed by atoms with van der Waals surface area (Å²) in [7, 11) is 0. The highest BCUT2D eigenvalue weighted by atomic mass is 79.9. The molecule has 1 aliphatic carbocycles. The van der Waals surface area contributed by atoms with Gasteiger partial charge < -0.3 is 19.6 Å². The number of fused-ring (bicyclic) bond motifs is 3. The maximum absolute atomic E-state index is 12.4. The monoisotopic (exact) mass is 455 g/mol. The van der Waals surface area contributed by atoms with Crippen LogP contribution in [0.3, 0.4) is 0 Å². The highest BCUT2D eigenvalue weighted by Crippen LogP contribution is 2.44. The van der Waals surface area contributed by atoms with Crippen LogP contribution in [0.25, 0.3) is 11.1 Å². The van der Waals surface area contributed by atoms with Crippen molar-refractivity contribution in [1.82, 2.24) is 5.32 Å². The summed E-state index contributed by atoms with van der Waals surface area (Å²) in [5.74, 6) is -0.792. The molecule has 3 aromatic rings. The van der Waals surface area contributed by atoms with Gasteiger partial charge in [-0.2, -0.15) is 0 Å². The molecule has 1 atom stereocenters. The Hall–Kier alpha value is -3.06. The Morgan fingerprint density at radius 2 is 1.69 bits per heavy atom. The smallest absolute Gasteiger partial charge is 0.407 e. The fourth-order valence-electron chi connectivity index (χ4n) is 3.72. The molecule has 1 aromatic heterocycles. The maximum Gasteiger partial charge on any atom is 0.407 e. The second-order valence-corrected chi connectivity index (χ2v) is 7.61.